The molecule has 0 unspecified atom stereocenters. The zero-order valence-electron chi connectivity index (χ0n) is 18.0. The molecule has 5 nitrogen and oxygen atoms in total. The van der Waals surface area contributed by atoms with E-state index >= 15 is 0 Å². The maximum atomic E-state index is 10.6. The largest absolute Gasteiger partial charge is 0.507 e. The third-order valence-electron chi connectivity index (χ3n) is 5.42. The van der Waals surface area contributed by atoms with E-state index in [0.29, 0.717) is 48.6 Å². The van der Waals surface area contributed by atoms with Crippen LogP contribution in [0.4, 0.5) is 5.69 Å². The van der Waals surface area contributed by atoms with Crippen LogP contribution in [-0.4, -0.2) is 21.4 Å². The van der Waals surface area contributed by atoms with Gasteiger partial charge < -0.3 is 14.6 Å². The van der Waals surface area contributed by atoms with Crippen molar-refractivity contribution in [3.8, 4) is 23.0 Å². The van der Waals surface area contributed by atoms with Crippen LogP contribution in [0.2, 0.25) is 5.02 Å². The van der Waals surface area contributed by atoms with Crippen molar-refractivity contribution in [2.45, 2.75) is 6.42 Å². The minimum atomic E-state index is 0.111. The Morgan fingerprint density at radius 1 is 0.943 bits per heavy atom. The monoisotopic (exact) mass is 610 g/mol. The van der Waals surface area contributed by atoms with Crippen LogP contribution >= 0.6 is 43.5 Å². The molecule has 0 aliphatic rings. The predicted molar refractivity (Wildman–Crippen MR) is 146 cm³/mol. The van der Waals surface area contributed by atoms with E-state index in [-0.39, 0.29) is 11.5 Å². The molecule has 0 saturated heterocycles. The number of aromatic nitrogens is 1. The summed E-state index contributed by atoms with van der Waals surface area (Å²) in [6.07, 6.45) is 2.25. The first-order valence-corrected chi connectivity index (χ1v) is 12.5. The van der Waals surface area contributed by atoms with Crippen molar-refractivity contribution in [2.75, 3.05) is 0 Å². The van der Waals surface area contributed by atoms with E-state index in [0.717, 1.165) is 16.7 Å². The van der Waals surface area contributed by atoms with Crippen molar-refractivity contribution in [1.82, 2.24) is 4.98 Å². The highest BCUT2D eigenvalue weighted by Gasteiger charge is 2.12. The van der Waals surface area contributed by atoms with Gasteiger partial charge in [-0.05, 0) is 104 Å². The van der Waals surface area contributed by atoms with Crippen molar-refractivity contribution in [3.63, 3.8) is 0 Å². The third kappa shape index (κ3) is 5.12. The number of oxazole rings is 1. The molecule has 2 N–H and O–H groups in total. The van der Waals surface area contributed by atoms with Crippen molar-refractivity contribution in [2.24, 2.45) is 4.99 Å². The Kier molecular flexibility index (Phi) is 6.65. The van der Waals surface area contributed by atoms with Gasteiger partial charge in [0.1, 0.15) is 17.0 Å². The molecule has 0 fully saturated rings. The zero-order chi connectivity index (χ0) is 24.5. The highest BCUT2D eigenvalue weighted by molar-refractivity contribution is 9.10. The summed E-state index contributed by atoms with van der Waals surface area (Å²) in [5, 5.41) is 21.0. The molecule has 0 spiro atoms. The summed E-state index contributed by atoms with van der Waals surface area (Å²) in [6, 6.07) is 22.0. The van der Waals surface area contributed by atoms with E-state index < -0.39 is 0 Å². The number of nitrogens with zero attached hydrogens (tertiary/aromatic N) is 2. The molecule has 4 aromatic carbocycles. The van der Waals surface area contributed by atoms with E-state index in [4.69, 9.17) is 16.0 Å². The Morgan fingerprint density at radius 3 is 2.57 bits per heavy atom. The Balaban J connectivity index is 1.43. The summed E-state index contributed by atoms with van der Waals surface area (Å²) in [5.74, 6) is 0.697. The highest BCUT2D eigenvalue weighted by Crippen LogP contribution is 2.33. The van der Waals surface area contributed by atoms with Gasteiger partial charge in [-0.1, -0.05) is 29.8 Å². The van der Waals surface area contributed by atoms with Crippen LogP contribution in [0, 0.1) is 0 Å². The first kappa shape index (κ1) is 23.6. The second-order valence-electron chi connectivity index (χ2n) is 7.88. The lowest BCUT2D eigenvalue weighted by Gasteiger charge is -2.08. The molecular weight excluding hydrogens is 596 g/mol. The number of halogens is 3. The fourth-order valence-corrected chi connectivity index (χ4v) is 4.75. The van der Waals surface area contributed by atoms with E-state index in [1.165, 1.54) is 0 Å². The minimum absolute atomic E-state index is 0.111. The van der Waals surface area contributed by atoms with Gasteiger partial charge in [-0.3, -0.25) is 4.99 Å². The SMILES string of the molecule is Oc1ccc(-c2nc3cc(N=Cc4cc(Cc5ccccc5Cl)cc(Br)c4O)ccc3o2)cc1Br. The molecule has 0 radical (unpaired) electrons. The van der Waals surface area contributed by atoms with Gasteiger partial charge in [0.25, 0.3) is 0 Å². The van der Waals surface area contributed by atoms with Crippen LogP contribution in [-0.2, 0) is 6.42 Å². The molecule has 0 atom stereocenters. The number of aliphatic imine (C=N–C) groups is 1. The molecular formula is C27H17Br2ClN2O3. The average Bonchev–Trinajstić information content (AvgIpc) is 3.27. The lowest BCUT2D eigenvalue weighted by molar-refractivity contribution is 0.470. The number of fused-ring (bicyclic) bond motifs is 1. The summed E-state index contributed by atoms with van der Waals surface area (Å²) in [4.78, 5) is 9.11. The number of benzene rings is 4. The molecule has 35 heavy (non-hydrogen) atoms. The Hall–Kier alpha value is -3.13. The van der Waals surface area contributed by atoms with Crippen molar-refractivity contribution >= 4 is 66.5 Å². The molecule has 8 heteroatoms. The molecule has 0 amide bonds. The first-order valence-electron chi connectivity index (χ1n) is 10.6. The number of hydrogen-bond acceptors (Lipinski definition) is 5. The average molecular weight is 613 g/mol. The maximum Gasteiger partial charge on any atom is 0.227 e. The standard InChI is InChI=1S/C27H17Br2ClN2O3/c28-20-12-17(5-7-24(20)33)27-32-23-13-19(6-8-25(23)35-27)31-14-18-10-15(11-21(29)26(18)34)9-16-3-1-2-4-22(16)30/h1-8,10-14,33-34H,9H2. The van der Waals surface area contributed by atoms with Gasteiger partial charge in [-0.15, -0.1) is 0 Å². The van der Waals surface area contributed by atoms with E-state index in [2.05, 4.69) is 41.8 Å². The summed E-state index contributed by atoms with van der Waals surface area (Å²) in [6.45, 7) is 0. The van der Waals surface area contributed by atoms with Gasteiger partial charge in [0, 0.05) is 22.4 Å². The van der Waals surface area contributed by atoms with Gasteiger partial charge in [-0.25, -0.2) is 4.98 Å². The van der Waals surface area contributed by atoms with Crippen LogP contribution in [0.1, 0.15) is 16.7 Å². The second-order valence-corrected chi connectivity index (χ2v) is 9.99. The molecule has 5 aromatic rings. The molecule has 0 saturated carbocycles. The number of hydrogen-bond donors (Lipinski definition) is 2. The van der Waals surface area contributed by atoms with E-state index in [1.54, 1.807) is 30.5 Å². The second kappa shape index (κ2) is 9.85. The van der Waals surface area contributed by atoms with Gasteiger partial charge in [0.2, 0.25) is 5.89 Å². The maximum absolute atomic E-state index is 10.6. The summed E-state index contributed by atoms with van der Waals surface area (Å²) in [7, 11) is 0. The van der Waals surface area contributed by atoms with Gasteiger partial charge in [0.15, 0.2) is 5.58 Å². The number of phenolic OH excluding ortho intramolecular Hbond substituents is 2. The number of phenols is 2. The minimum Gasteiger partial charge on any atom is -0.507 e. The Bertz CT molecular complexity index is 1600. The summed E-state index contributed by atoms with van der Waals surface area (Å²) < 4.78 is 7.01. The van der Waals surface area contributed by atoms with Gasteiger partial charge >= 0.3 is 0 Å². The van der Waals surface area contributed by atoms with Crippen molar-refractivity contribution in [3.05, 3.63) is 103 Å². The molecule has 0 aliphatic heterocycles. The lowest BCUT2D eigenvalue weighted by Crippen LogP contribution is -1.93. The Morgan fingerprint density at radius 2 is 1.77 bits per heavy atom. The first-order chi connectivity index (χ1) is 16.9. The molecule has 174 valence electrons. The normalized spacial score (nSPS) is 11.5. The van der Waals surface area contributed by atoms with Crippen LogP contribution in [0.5, 0.6) is 11.5 Å². The zero-order valence-corrected chi connectivity index (χ0v) is 22.0. The van der Waals surface area contributed by atoms with Crippen LogP contribution in [0.3, 0.4) is 0 Å². The van der Waals surface area contributed by atoms with Crippen molar-refractivity contribution in [1.29, 1.82) is 0 Å². The van der Waals surface area contributed by atoms with Crippen LogP contribution in [0.25, 0.3) is 22.6 Å². The summed E-state index contributed by atoms with van der Waals surface area (Å²) >= 11 is 13.1. The smallest absolute Gasteiger partial charge is 0.227 e. The number of rotatable bonds is 5. The molecule has 5 rings (SSSR count). The van der Waals surface area contributed by atoms with Crippen LogP contribution < -0.4 is 0 Å². The predicted octanol–water partition coefficient (Wildman–Crippen LogP) is 8.43. The van der Waals surface area contributed by atoms with E-state index in [9.17, 15) is 10.2 Å². The fourth-order valence-electron chi connectivity index (χ4n) is 3.64. The number of aromatic hydroxyl groups is 2. The third-order valence-corrected chi connectivity index (χ3v) is 7.03. The molecule has 0 bridgehead atoms. The van der Waals surface area contributed by atoms with Crippen molar-refractivity contribution < 1.29 is 14.6 Å². The van der Waals surface area contributed by atoms with Gasteiger partial charge in [0.05, 0.1) is 14.6 Å². The highest BCUT2D eigenvalue weighted by atomic mass is 79.9. The molecule has 1 aromatic heterocycles. The van der Waals surface area contributed by atoms with Crippen LogP contribution in [0.15, 0.2) is 91.2 Å². The fraction of sp³-hybridized carbons (Fsp3) is 0.0370. The van der Waals surface area contributed by atoms with E-state index in [1.807, 2.05) is 48.5 Å². The lowest BCUT2D eigenvalue weighted by atomic mass is 10.0. The topological polar surface area (TPSA) is 78.9 Å². The van der Waals surface area contributed by atoms with Gasteiger partial charge in [-0.2, -0.15) is 0 Å². The quantitative estimate of drug-likeness (QED) is 0.195. The Labute approximate surface area is 223 Å². The molecule has 1 heterocycles. The summed E-state index contributed by atoms with van der Waals surface area (Å²) in [5.41, 5.74) is 5.24. The molecule has 0 aliphatic carbocycles.